The first kappa shape index (κ1) is 16.6. The zero-order valence-electron chi connectivity index (χ0n) is 15.0. The number of aryl methyl sites for hydroxylation is 2. The highest BCUT2D eigenvalue weighted by Crippen LogP contribution is 2.26. The molecule has 4 aromatic heterocycles. The van der Waals surface area contributed by atoms with Crippen molar-refractivity contribution >= 4 is 28.2 Å². The summed E-state index contributed by atoms with van der Waals surface area (Å²) in [6, 6.07) is 9.32. The Hall–Kier alpha value is -3.52. The quantitative estimate of drug-likeness (QED) is 0.462. The highest BCUT2D eigenvalue weighted by atomic mass is 35.5. The third kappa shape index (κ3) is 2.35. The second-order valence-corrected chi connectivity index (χ2v) is 6.87. The lowest BCUT2D eigenvalue weighted by Gasteiger charge is -2.11. The summed E-state index contributed by atoms with van der Waals surface area (Å²) < 4.78 is 4.81. The molecular formula is C19H14ClN7O. The monoisotopic (exact) mass is 391 g/mol. The maximum absolute atomic E-state index is 13.1. The summed E-state index contributed by atoms with van der Waals surface area (Å²) in [5.41, 5.74) is 2.95. The summed E-state index contributed by atoms with van der Waals surface area (Å²) in [6.45, 7) is 3.59. The zero-order chi connectivity index (χ0) is 19.4. The molecule has 0 saturated heterocycles. The fraction of sp³-hybridized carbons (Fsp3) is 0.105. The number of rotatable bonds is 2. The van der Waals surface area contributed by atoms with Gasteiger partial charge >= 0.3 is 0 Å². The first-order chi connectivity index (χ1) is 13.5. The molecule has 0 aliphatic heterocycles. The van der Waals surface area contributed by atoms with Crippen molar-refractivity contribution in [1.29, 1.82) is 0 Å². The number of nitrogens with zero attached hydrogens (tertiary/aromatic N) is 7. The highest BCUT2D eigenvalue weighted by Gasteiger charge is 2.15. The molecule has 9 heteroatoms. The number of fused-ring (bicyclic) bond motifs is 3. The van der Waals surface area contributed by atoms with Gasteiger partial charge in [-0.1, -0.05) is 23.7 Å². The fourth-order valence-corrected chi connectivity index (χ4v) is 3.50. The number of aromatic nitrogens is 7. The first-order valence-electron chi connectivity index (χ1n) is 8.58. The molecule has 0 atom stereocenters. The molecule has 0 unspecified atom stereocenters. The summed E-state index contributed by atoms with van der Waals surface area (Å²) in [5, 5.41) is 13.6. The van der Waals surface area contributed by atoms with Crippen LogP contribution >= 0.6 is 11.6 Å². The van der Waals surface area contributed by atoms with E-state index in [0.29, 0.717) is 33.2 Å². The van der Waals surface area contributed by atoms with Crippen LogP contribution in [0.1, 0.15) is 11.6 Å². The third-order valence-electron chi connectivity index (χ3n) is 4.70. The van der Waals surface area contributed by atoms with Gasteiger partial charge in [-0.05, 0) is 37.6 Å². The molecule has 0 bridgehead atoms. The van der Waals surface area contributed by atoms with Crippen LogP contribution in [0.25, 0.3) is 27.7 Å². The molecule has 0 aliphatic carbocycles. The van der Waals surface area contributed by atoms with Crippen molar-refractivity contribution in [1.82, 2.24) is 34.1 Å². The summed E-state index contributed by atoms with van der Waals surface area (Å²) in [6.07, 6.45) is 5.02. The van der Waals surface area contributed by atoms with Crippen LogP contribution in [0.4, 0.5) is 0 Å². The van der Waals surface area contributed by atoms with E-state index in [4.69, 9.17) is 11.6 Å². The Kier molecular flexibility index (Phi) is 3.56. The van der Waals surface area contributed by atoms with E-state index in [2.05, 4.69) is 20.3 Å². The van der Waals surface area contributed by atoms with E-state index >= 15 is 0 Å². The van der Waals surface area contributed by atoms with Gasteiger partial charge in [0.25, 0.3) is 5.56 Å². The van der Waals surface area contributed by atoms with Crippen molar-refractivity contribution in [3.63, 3.8) is 0 Å². The van der Waals surface area contributed by atoms with Gasteiger partial charge in [0.1, 0.15) is 11.6 Å². The molecule has 0 spiro atoms. The van der Waals surface area contributed by atoms with Gasteiger partial charge in [0, 0.05) is 23.0 Å². The van der Waals surface area contributed by atoms with Crippen LogP contribution in [0.2, 0.25) is 5.02 Å². The Morgan fingerprint density at radius 3 is 2.39 bits per heavy atom. The van der Waals surface area contributed by atoms with E-state index in [1.54, 1.807) is 41.6 Å². The van der Waals surface area contributed by atoms with Crippen LogP contribution in [-0.4, -0.2) is 34.1 Å². The van der Waals surface area contributed by atoms with Gasteiger partial charge in [-0.2, -0.15) is 5.10 Å². The van der Waals surface area contributed by atoms with Gasteiger partial charge in [-0.15, -0.1) is 10.2 Å². The van der Waals surface area contributed by atoms with Crippen LogP contribution in [-0.2, 0) is 0 Å². The number of benzene rings is 1. The molecule has 0 saturated carbocycles. The molecule has 5 aromatic rings. The largest absolute Gasteiger partial charge is 0.280 e. The van der Waals surface area contributed by atoms with Crippen LogP contribution in [0.5, 0.6) is 0 Å². The average Bonchev–Trinajstić information content (AvgIpc) is 3.27. The van der Waals surface area contributed by atoms with E-state index in [0.717, 1.165) is 11.1 Å². The van der Waals surface area contributed by atoms with E-state index in [-0.39, 0.29) is 5.56 Å². The van der Waals surface area contributed by atoms with E-state index in [9.17, 15) is 4.79 Å². The molecule has 1 aromatic carbocycles. The molecule has 5 rings (SSSR count). The van der Waals surface area contributed by atoms with Gasteiger partial charge in [-0.3, -0.25) is 4.79 Å². The van der Waals surface area contributed by atoms with Gasteiger partial charge in [0.05, 0.1) is 17.1 Å². The smallest absolute Gasteiger partial charge is 0.267 e. The van der Waals surface area contributed by atoms with Crippen molar-refractivity contribution in [3.8, 4) is 11.1 Å². The van der Waals surface area contributed by atoms with Crippen molar-refractivity contribution in [3.05, 3.63) is 75.9 Å². The molecule has 28 heavy (non-hydrogen) atoms. The van der Waals surface area contributed by atoms with Gasteiger partial charge in [0.15, 0.2) is 5.65 Å². The number of hydrogen-bond acceptors (Lipinski definition) is 5. The molecule has 0 aliphatic rings. The second-order valence-electron chi connectivity index (χ2n) is 6.43. The number of halogens is 1. The molecule has 8 nitrogen and oxygen atoms in total. The predicted octanol–water partition coefficient (Wildman–Crippen LogP) is 2.88. The minimum absolute atomic E-state index is 0.221. The lowest BCUT2D eigenvalue weighted by Crippen LogP contribution is -2.27. The summed E-state index contributed by atoms with van der Waals surface area (Å²) in [7, 11) is 0. The Morgan fingerprint density at radius 2 is 1.68 bits per heavy atom. The van der Waals surface area contributed by atoms with Crippen molar-refractivity contribution in [2.75, 3.05) is 0 Å². The summed E-state index contributed by atoms with van der Waals surface area (Å²) >= 11 is 5.98. The Morgan fingerprint density at radius 1 is 0.964 bits per heavy atom. The second kappa shape index (κ2) is 6.00. The van der Waals surface area contributed by atoms with Gasteiger partial charge < -0.3 is 0 Å². The minimum atomic E-state index is -0.221. The van der Waals surface area contributed by atoms with Crippen molar-refractivity contribution in [2.24, 2.45) is 0 Å². The third-order valence-corrected chi connectivity index (χ3v) is 4.95. The zero-order valence-corrected chi connectivity index (χ0v) is 15.8. The summed E-state index contributed by atoms with van der Waals surface area (Å²) in [5.74, 6) is 1.24. The Bertz CT molecular complexity index is 1390. The topological polar surface area (TPSA) is 82.9 Å². The van der Waals surface area contributed by atoms with Crippen LogP contribution in [0.3, 0.4) is 0 Å². The Labute approximate surface area is 163 Å². The maximum Gasteiger partial charge on any atom is 0.280 e. The molecule has 4 heterocycles. The fourth-order valence-electron chi connectivity index (χ4n) is 3.37. The number of hydrogen-bond donors (Lipinski definition) is 0. The predicted molar refractivity (Wildman–Crippen MR) is 105 cm³/mol. The molecule has 0 amide bonds. The lowest BCUT2D eigenvalue weighted by atomic mass is 10.1. The lowest BCUT2D eigenvalue weighted by molar-refractivity contribution is 0.594. The van der Waals surface area contributed by atoms with Gasteiger partial charge in [0.2, 0.25) is 0 Å². The molecule has 0 fully saturated rings. The van der Waals surface area contributed by atoms with Crippen molar-refractivity contribution in [2.45, 2.75) is 13.8 Å². The number of pyridine rings is 1. The van der Waals surface area contributed by atoms with E-state index < -0.39 is 0 Å². The standard InChI is InChI=1S/C19H14ClN7O/c1-11-23-24-12(2)27(11)25-8-7-17-16(19(25)28)9-21-18-15(10-22-26(17)18)13-3-5-14(20)6-4-13/h3-10H,1-2H3. The average molecular weight is 392 g/mol. The normalized spacial score (nSPS) is 11.5. The highest BCUT2D eigenvalue weighted by molar-refractivity contribution is 6.30. The van der Waals surface area contributed by atoms with E-state index in [1.165, 1.54) is 4.68 Å². The SMILES string of the molecule is Cc1nnc(C)n1-n1ccc2c(cnc3c(-c4ccc(Cl)cc4)cnn32)c1=O. The summed E-state index contributed by atoms with van der Waals surface area (Å²) in [4.78, 5) is 17.6. The van der Waals surface area contributed by atoms with E-state index in [1.807, 2.05) is 30.3 Å². The molecule has 0 N–H and O–H groups in total. The van der Waals surface area contributed by atoms with Crippen LogP contribution in [0, 0.1) is 13.8 Å². The van der Waals surface area contributed by atoms with Gasteiger partial charge in [-0.25, -0.2) is 18.9 Å². The van der Waals surface area contributed by atoms with Crippen LogP contribution < -0.4 is 5.56 Å². The van der Waals surface area contributed by atoms with Crippen LogP contribution in [0.15, 0.2) is 53.7 Å². The molecule has 0 radical (unpaired) electrons. The minimum Gasteiger partial charge on any atom is -0.267 e. The first-order valence-corrected chi connectivity index (χ1v) is 8.96. The van der Waals surface area contributed by atoms with Crippen molar-refractivity contribution < 1.29 is 0 Å². The Balaban J connectivity index is 1.75. The maximum atomic E-state index is 13.1. The molecular weight excluding hydrogens is 378 g/mol. The molecule has 138 valence electrons.